The highest BCUT2D eigenvalue weighted by molar-refractivity contribution is 5.94. The number of hydrogen-bond acceptors (Lipinski definition) is 5. The van der Waals surface area contributed by atoms with Crippen molar-refractivity contribution in [3.63, 3.8) is 0 Å². The van der Waals surface area contributed by atoms with Gasteiger partial charge in [-0.15, -0.1) is 0 Å². The summed E-state index contributed by atoms with van der Waals surface area (Å²) < 4.78 is 5.22. The number of aromatic amines is 1. The number of aromatic nitrogens is 2. The summed E-state index contributed by atoms with van der Waals surface area (Å²) in [6.45, 7) is 1.72. The Balaban J connectivity index is 1.31. The van der Waals surface area contributed by atoms with Crippen molar-refractivity contribution in [1.29, 1.82) is 0 Å². The molecule has 0 atom stereocenters. The lowest BCUT2D eigenvalue weighted by molar-refractivity contribution is 0.0931. The van der Waals surface area contributed by atoms with Gasteiger partial charge in [-0.25, -0.2) is 0 Å². The van der Waals surface area contributed by atoms with Gasteiger partial charge in [-0.3, -0.25) is 9.89 Å². The zero-order valence-electron chi connectivity index (χ0n) is 18.3. The molecule has 0 unspecified atom stereocenters. The van der Waals surface area contributed by atoms with E-state index in [4.69, 9.17) is 4.74 Å². The van der Waals surface area contributed by atoms with Crippen LogP contribution in [-0.2, 0) is 0 Å². The van der Waals surface area contributed by atoms with E-state index >= 15 is 0 Å². The number of nitrogens with one attached hydrogen (secondary N) is 2. The minimum Gasteiger partial charge on any atom is -0.497 e. The van der Waals surface area contributed by atoms with E-state index in [0.717, 1.165) is 54.4 Å². The molecule has 0 spiro atoms. The first-order chi connectivity index (χ1) is 15.0. The van der Waals surface area contributed by atoms with Crippen LogP contribution in [0.3, 0.4) is 0 Å². The molecule has 0 bridgehead atoms. The number of ether oxygens (including phenoxy) is 1. The number of rotatable bonds is 6. The van der Waals surface area contributed by atoms with Crippen molar-refractivity contribution in [2.45, 2.75) is 18.9 Å². The van der Waals surface area contributed by atoms with E-state index in [0.29, 0.717) is 5.56 Å². The van der Waals surface area contributed by atoms with Gasteiger partial charge in [0.15, 0.2) is 5.82 Å². The lowest BCUT2D eigenvalue weighted by atomic mass is 10.0. The monoisotopic (exact) mass is 419 g/mol. The van der Waals surface area contributed by atoms with Crippen molar-refractivity contribution in [2.24, 2.45) is 0 Å². The molecule has 2 N–H and O–H groups in total. The van der Waals surface area contributed by atoms with E-state index in [9.17, 15) is 4.79 Å². The second-order valence-electron chi connectivity index (χ2n) is 8.04. The molecule has 4 rings (SSSR count). The van der Waals surface area contributed by atoms with Crippen LogP contribution in [0.2, 0.25) is 0 Å². The molecular formula is C24H29N5O2. The fraction of sp³-hybridized carbons (Fsp3) is 0.333. The van der Waals surface area contributed by atoms with Crippen LogP contribution >= 0.6 is 0 Å². The number of amides is 1. The average Bonchev–Trinajstić information content (AvgIpc) is 3.30. The summed E-state index contributed by atoms with van der Waals surface area (Å²) in [6.07, 6.45) is 1.79. The molecule has 162 valence electrons. The molecule has 0 radical (unpaired) electrons. The maximum absolute atomic E-state index is 12.6. The Kier molecular flexibility index (Phi) is 6.11. The van der Waals surface area contributed by atoms with Crippen molar-refractivity contribution < 1.29 is 9.53 Å². The maximum Gasteiger partial charge on any atom is 0.251 e. The lowest BCUT2D eigenvalue weighted by Crippen LogP contribution is -2.44. The Morgan fingerprint density at radius 3 is 2.39 bits per heavy atom. The molecule has 3 aromatic rings. The first kappa shape index (κ1) is 20.8. The zero-order valence-corrected chi connectivity index (χ0v) is 18.3. The number of benzene rings is 2. The van der Waals surface area contributed by atoms with Gasteiger partial charge in [0.05, 0.1) is 12.8 Å². The van der Waals surface area contributed by atoms with Crippen LogP contribution in [-0.4, -0.2) is 56.4 Å². The molecule has 1 fully saturated rings. The molecule has 1 aromatic heterocycles. The summed E-state index contributed by atoms with van der Waals surface area (Å²) >= 11 is 0. The topological polar surface area (TPSA) is 73.5 Å². The Morgan fingerprint density at radius 2 is 1.77 bits per heavy atom. The van der Waals surface area contributed by atoms with Gasteiger partial charge in [0, 0.05) is 50.5 Å². The van der Waals surface area contributed by atoms with Crippen molar-refractivity contribution in [3.05, 3.63) is 60.2 Å². The summed E-state index contributed by atoms with van der Waals surface area (Å²) in [5.74, 6) is 1.77. The molecule has 2 heterocycles. The summed E-state index contributed by atoms with van der Waals surface area (Å²) in [6, 6.07) is 17.9. The summed E-state index contributed by atoms with van der Waals surface area (Å²) in [7, 11) is 5.64. The largest absolute Gasteiger partial charge is 0.497 e. The van der Waals surface area contributed by atoms with E-state index in [1.165, 1.54) is 0 Å². The first-order valence-corrected chi connectivity index (χ1v) is 10.6. The second kappa shape index (κ2) is 9.12. The molecule has 2 aromatic carbocycles. The van der Waals surface area contributed by atoms with Crippen molar-refractivity contribution in [1.82, 2.24) is 15.5 Å². The molecule has 31 heavy (non-hydrogen) atoms. The maximum atomic E-state index is 12.6. The number of methoxy groups -OCH3 is 1. The molecular weight excluding hydrogens is 390 g/mol. The molecule has 1 amide bonds. The minimum absolute atomic E-state index is 0.00897. The minimum atomic E-state index is -0.00897. The van der Waals surface area contributed by atoms with Gasteiger partial charge in [0.2, 0.25) is 0 Å². The summed E-state index contributed by atoms with van der Waals surface area (Å²) in [5.41, 5.74) is 3.83. The molecule has 7 nitrogen and oxygen atoms in total. The highest BCUT2D eigenvalue weighted by Gasteiger charge is 2.23. The van der Waals surface area contributed by atoms with Gasteiger partial charge in [0.1, 0.15) is 5.75 Å². The highest BCUT2D eigenvalue weighted by Crippen LogP contribution is 2.26. The first-order valence-electron chi connectivity index (χ1n) is 10.6. The van der Waals surface area contributed by atoms with E-state index in [-0.39, 0.29) is 11.9 Å². The fourth-order valence-corrected chi connectivity index (χ4v) is 3.82. The van der Waals surface area contributed by atoms with E-state index in [1.54, 1.807) is 7.11 Å². The standard InChI is InChI=1S/C24H29N5O2/c1-28(2)20-8-4-18(5-9-20)24(30)25-19-12-14-29(15-13-19)23-16-22(26-27-23)17-6-10-21(31-3)11-7-17/h4-11,16,19H,12-15H2,1-3H3,(H,25,30)(H,26,27). The lowest BCUT2D eigenvalue weighted by Gasteiger charge is -2.32. The van der Waals surface area contributed by atoms with Crippen LogP contribution in [0.5, 0.6) is 5.75 Å². The van der Waals surface area contributed by atoms with Crippen molar-refractivity contribution in [3.8, 4) is 17.0 Å². The quantitative estimate of drug-likeness (QED) is 0.639. The van der Waals surface area contributed by atoms with Gasteiger partial charge >= 0.3 is 0 Å². The third-order valence-electron chi connectivity index (χ3n) is 5.77. The Labute approximate surface area is 183 Å². The third-order valence-corrected chi connectivity index (χ3v) is 5.77. The molecule has 1 aliphatic heterocycles. The number of anilines is 2. The Morgan fingerprint density at radius 1 is 1.10 bits per heavy atom. The van der Waals surface area contributed by atoms with E-state index < -0.39 is 0 Å². The molecule has 1 aliphatic rings. The number of piperidine rings is 1. The zero-order chi connectivity index (χ0) is 21.8. The number of carbonyl (C=O) groups excluding carboxylic acids is 1. The van der Waals surface area contributed by atoms with Gasteiger partial charge in [0.25, 0.3) is 5.91 Å². The smallest absolute Gasteiger partial charge is 0.251 e. The Bertz CT molecular complexity index is 1000. The van der Waals surface area contributed by atoms with Crippen LogP contribution in [0, 0.1) is 0 Å². The van der Waals surface area contributed by atoms with Gasteiger partial charge in [-0.2, -0.15) is 5.10 Å². The van der Waals surface area contributed by atoms with Crippen LogP contribution in [0.4, 0.5) is 11.5 Å². The number of hydrogen-bond donors (Lipinski definition) is 2. The highest BCUT2D eigenvalue weighted by atomic mass is 16.5. The molecule has 0 aliphatic carbocycles. The number of nitrogens with zero attached hydrogens (tertiary/aromatic N) is 3. The van der Waals surface area contributed by atoms with Gasteiger partial charge < -0.3 is 19.9 Å². The van der Waals surface area contributed by atoms with Gasteiger partial charge in [-0.1, -0.05) is 0 Å². The Hall–Kier alpha value is -3.48. The third kappa shape index (κ3) is 4.82. The fourth-order valence-electron chi connectivity index (χ4n) is 3.82. The molecule has 7 heteroatoms. The van der Waals surface area contributed by atoms with Crippen LogP contribution in [0.25, 0.3) is 11.3 Å². The SMILES string of the molecule is COc1ccc(-c2cc(N3CCC(NC(=O)c4ccc(N(C)C)cc4)CC3)n[nH]2)cc1. The average molecular weight is 420 g/mol. The van der Waals surface area contributed by atoms with E-state index in [1.807, 2.05) is 67.5 Å². The van der Waals surface area contributed by atoms with Crippen LogP contribution in [0.15, 0.2) is 54.6 Å². The molecule has 1 saturated heterocycles. The number of carbonyl (C=O) groups is 1. The van der Waals surface area contributed by atoms with Crippen molar-refractivity contribution in [2.75, 3.05) is 44.1 Å². The van der Waals surface area contributed by atoms with Crippen molar-refractivity contribution >= 4 is 17.4 Å². The normalized spacial score (nSPS) is 14.4. The van der Waals surface area contributed by atoms with Crippen LogP contribution in [0.1, 0.15) is 23.2 Å². The predicted octanol–water partition coefficient (Wildman–Crippen LogP) is 3.55. The summed E-state index contributed by atoms with van der Waals surface area (Å²) in [5, 5.41) is 10.8. The van der Waals surface area contributed by atoms with Crippen LogP contribution < -0.4 is 19.9 Å². The predicted molar refractivity (Wildman–Crippen MR) is 124 cm³/mol. The van der Waals surface area contributed by atoms with Gasteiger partial charge in [-0.05, 0) is 66.9 Å². The van der Waals surface area contributed by atoms with E-state index in [2.05, 4.69) is 26.5 Å². The summed E-state index contributed by atoms with van der Waals surface area (Å²) in [4.78, 5) is 16.9. The molecule has 0 saturated carbocycles. The number of H-pyrrole nitrogens is 1. The second-order valence-corrected chi connectivity index (χ2v) is 8.04.